The van der Waals surface area contributed by atoms with Crippen molar-refractivity contribution in [3.8, 4) is 5.75 Å². The van der Waals surface area contributed by atoms with Gasteiger partial charge in [-0.25, -0.2) is 4.98 Å². The number of carbonyl (C=O) groups is 1. The topological polar surface area (TPSA) is 73.2 Å². The molecule has 25 heavy (non-hydrogen) atoms. The molecule has 2 aromatic carbocycles. The molecule has 0 aliphatic carbocycles. The van der Waals surface area contributed by atoms with Crippen molar-refractivity contribution in [1.29, 1.82) is 0 Å². The number of aryl methyl sites for hydroxylation is 2. The lowest BCUT2D eigenvalue weighted by atomic mass is 10.1. The van der Waals surface area contributed by atoms with Crippen LogP contribution < -0.4 is 15.6 Å². The van der Waals surface area contributed by atoms with Crippen LogP contribution in [0.25, 0.3) is 11.0 Å². The first-order valence-electron chi connectivity index (χ1n) is 7.88. The minimum atomic E-state index is -0.189. The zero-order valence-corrected chi connectivity index (χ0v) is 14.4. The highest BCUT2D eigenvalue weighted by molar-refractivity contribution is 5.97. The van der Waals surface area contributed by atoms with Crippen LogP contribution in [0, 0.1) is 6.92 Å². The Bertz CT molecular complexity index is 991. The number of fused-ring (bicyclic) bond motifs is 1. The second-order valence-electron chi connectivity index (χ2n) is 5.80. The van der Waals surface area contributed by atoms with Crippen molar-refractivity contribution in [2.45, 2.75) is 13.5 Å². The van der Waals surface area contributed by atoms with Crippen molar-refractivity contribution in [2.24, 2.45) is 7.05 Å². The molecule has 1 aromatic heterocycles. The maximum absolute atomic E-state index is 12.4. The van der Waals surface area contributed by atoms with Gasteiger partial charge in [-0.1, -0.05) is 12.1 Å². The van der Waals surface area contributed by atoms with E-state index in [2.05, 4.69) is 10.3 Å². The fourth-order valence-corrected chi connectivity index (χ4v) is 2.65. The summed E-state index contributed by atoms with van der Waals surface area (Å²) in [6, 6.07) is 12.6. The lowest BCUT2D eigenvalue weighted by Gasteiger charge is -2.09. The van der Waals surface area contributed by atoms with Crippen LogP contribution in [0.4, 0.5) is 0 Å². The molecule has 6 nitrogen and oxygen atoms in total. The van der Waals surface area contributed by atoms with Gasteiger partial charge in [0, 0.05) is 19.2 Å². The lowest BCUT2D eigenvalue weighted by Crippen LogP contribution is -2.24. The third-order valence-corrected chi connectivity index (χ3v) is 4.11. The molecule has 1 N–H and O–H groups in total. The molecule has 0 unspecified atom stereocenters. The predicted octanol–water partition coefficient (Wildman–Crippen LogP) is 2.18. The van der Waals surface area contributed by atoms with Gasteiger partial charge in [-0.2, -0.15) is 0 Å². The van der Waals surface area contributed by atoms with E-state index in [9.17, 15) is 9.59 Å². The predicted molar refractivity (Wildman–Crippen MR) is 95.9 cm³/mol. The van der Waals surface area contributed by atoms with Crippen LogP contribution in [-0.2, 0) is 13.6 Å². The van der Waals surface area contributed by atoms with E-state index in [0.717, 1.165) is 11.3 Å². The third-order valence-electron chi connectivity index (χ3n) is 4.11. The molecule has 0 atom stereocenters. The Hall–Kier alpha value is -3.15. The molecule has 3 rings (SSSR count). The molecule has 0 fully saturated rings. The zero-order chi connectivity index (χ0) is 18.0. The first-order valence-corrected chi connectivity index (χ1v) is 7.88. The van der Waals surface area contributed by atoms with Gasteiger partial charge < -0.3 is 14.6 Å². The van der Waals surface area contributed by atoms with Gasteiger partial charge in [0.1, 0.15) is 11.4 Å². The maximum Gasteiger partial charge on any atom is 0.272 e. The average Bonchev–Trinajstić information content (AvgIpc) is 2.64. The van der Waals surface area contributed by atoms with Crippen molar-refractivity contribution in [3.63, 3.8) is 0 Å². The molecule has 0 saturated carbocycles. The first-order chi connectivity index (χ1) is 12.0. The first kappa shape index (κ1) is 16.7. The Kier molecular flexibility index (Phi) is 4.52. The largest absolute Gasteiger partial charge is 0.497 e. The quantitative estimate of drug-likeness (QED) is 0.792. The summed E-state index contributed by atoms with van der Waals surface area (Å²) in [5.74, 6) is 0.586. The van der Waals surface area contributed by atoms with Crippen molar-refractivity contribution in [2.75, 3.05) is 7.11 Å². The Labute approximate surface area is 145 Å². The molecule has 0 saturated heterocycles. The number of nitrogens with zero attached hydrogens (tertiary/aromatic N) is 2. The van der Waals surface area contributed by atoms with Crippen LogP contribution in [0.15, 0.2) is 47.3 Å². The molecular formula is C19H19N3O3. The van der Waals surface area contributed by atoms with E-state index in [1.165, 1.54) is 4.57 Å². The van der Waals surface area contributed by atoms with Gasteiger partial charge in [0.05, 0.1) is 18.1 Å². The monoisotopic (exact) mass is 337 g/mol. The molecule has 0 spiro atoms. The SMILES string of the molecule is COc1ccc(CNC(=O)c2ccc3c(c2)nc(C)c(=O)n3C)cc1. The molecule has 1 heterocycles. The number of hydrogen-bond donors (Lipinski definition) is 1. The van der Waals surface area contributed by atoms with Gasteiger partial charge in [-0.3, -0.25) is 9.59 Å². The Morgan fingerprint density at radius 1 is 1.20 bits per heavy atom. The number of rotatable bonds is 4. The summed E-state index contributed by atoms with van der Waals surface area (Å²) in [5, 5.41) is 2.88. The average molecular weight is 337 g/mol. The highest BCUT2D eigenvalue weighted by atomic mass is 16.5. The van der Waals surface area contributed by atoms with E-state index < -0.39 is 0 Å². The smallest absolute Gasteiger partial charge is 0.272 e. The Morgan fingerprint density at radius 2 is 1.92 bits per heavy atom. The summed E-state index contributed by atoms with van der Waals surface area (Å²) in [7, 11) is 3.31. The number of nitrogens with one attached hydrogen (secondary N) is 1. The van der Waals surface area contributed by atoms with Gasteiger partial charge in [0.15, 0.2) is 0 Å². The summed E-state index contributed by atoms with van der Waals surface area (Å²) >= 11 is 0. The number of ether oxygens (including phenoxy) is 1. The van der Waals surface area contributed by atoms with Crippen LogP contribution in [-0.4, -0.2) is 22.6 Å². The number of hydrogen-bond acceptors (Lipinski definition) is 4. The molecule has 0 aliphatic heterocycles. The third kappa shape index (κ3) is 3.38. The summed E-state index contributed by atoms with van der Waals surface area (Å²) in [6.45, 7) is 2.08. The number of benzene rings is 2. The summed E-state index contributed by atoms with van der Waals surface area (Å²) < 4.78 is 6.65. The van der Waals surface area contributed by atoms with Crippen LogP contribution in [0.5, 0.6) is 5.75 Å². The fourth-order valence-electron chi connectivity index (χ4n) is 2.65. The molecule has 128 valence electrons. The van der Waals surface area contributed by atoms with Crippen molar-refractivity contribution < 1.29 is 9.53 Å². The minimum Gasteiger partial charge on any atom is -0.497 e. The van der Waals surface area contributed by atoms with Gasteiger partial charge in [-0.15, -0.1) is 0 Å². The Morgan fingerprint density at radius 3 is 2.60 bits per heavy atom. The van der Waals surface area contributed by atoms with Gasteiger partial charge >= 0.3 is 0 Å². The van der Waals surface area contributed by atoms with E-state index in [1.807, 2.05) is 24.3 Å². The van der Waals surface area contributed by atoms with Gasteiger partial charge in [-0.05, 0) is 42.8 Å². The summed E-state index contributed by atoms with van der Waals surface area (Å²) in [5.41, 5.74) is 3.08. The van der Waals surface area contributed by atoms with Crippen LogP contribution >= 0.6 is 0 Å². The molecule has 1 amide bonds. The van der Waals surface area contributed by atoms with Crippen LogP contribution in [0.3, 0.4) is 0 Å². The molecule has 0 radical (unpaired) electrons. The lowest BCUT2D eigenvalue weighted by molar-refractivity contribution is 0.0951. The standard InChI is InChI=1S/C19H19N3O3/c1-12-19(24)22(2)17-9-6-14(10-16(17)21-12)18(23)20-11-13-4-7-15(25-3)8-5-13/h4-10H,11H2,1-3H3,(H,20,23). The van der Waals surface area contributed by atoms with Gasteiger partial charge in [0.25, 0.3) is 11.5 Å². The number of carbonyl (C=O) groups excluding carboxylic acids is 1. The maximum atomic E-state index is 12.4. The van der Waals surface area contributed by atoms with E-state index in [4.69, 9.17) is 4.74 Å². The van der Waals surface area contributed by atoms with Crippen molar-refractivity contribution in [1.82, 2.24) is 14.9 Å². The minimum absolute atomic E-state index is 0.135. The van der Waals surface area contributed by atoms with E-state index in [-0.39, 0.29) is 11.5 Å². The molecule has 3 aromatic rings. The molecule has 6 heteroatoms. The normalized spacial score (nSPS) is 10.7. The van der Waals surface area contributed by atoms with E-state index >= 15 is 0 Å². The highest BCUT2D eigenvalue weighted by Gasteiger charge is 2.10. The number of methoxy groups -OCH3 is 1. The van der Waals surface area contributed by atoms with Crippen molar-refractivity contribution >= 4 is 16.9 Å². The Balaban J connectivity index is 1.79. The van der Waals surface area contributed by atoms with E-state index in [1.54, 1.807) is 39.3 Å². The second kappa shape index (κ2) is 6.76. The molecule has 0 aliphatic rings. The summed E-state index contributed by atoms with van der Waals surface area (Å²) in [6.07, 6.45) is 0. The van der Waals surface area contributed by atoms with Crippen LogP contribution in [0.2, 0.25) is 0 Å². The molecule has 0 bridgehead atoms. The fraction of sp³-hybridized carbons (Fsp3) is 0.211. The second-order valence-corrected chi connectivity index (χ2v) is 5.80. The zero-order valence-electron chi connectivity index (χ0n) is 14.4. The summed E-state index contributed by atoms with van der Waals surface area (Å²) in [4.78, 5) is 28.6. The number of amides is 1. The van der Waals surface area contributed by atoms with Crippen molar-refractivity contribution in [3.05, 3.63) is 69.6 Å². The molecular weight excluding hydrogens is 318 g/mol. The van der Waals surface area contributed by atoms with E-state index in [0.29, 0.717) is 28.8 Å². The van der Waals surface area contributed by atoms with Gasteiger partial charge in [0.2, 0.25) is 0 Å². The van der Waals surface area contributed by atoms with Crippen LogP contribution in [0.1, 0.15) is 21.6 Å². The number of aromatic nitrogens is 2. The highest BCUT2D eigenvalue weighted by Crippen LogP contribution is 2.14.